The number of hydrogen-bond donors (Lipinski definition) is 2. The first-order valence-corrected chi connectivity index (χ1v) is 5.30. The molecule has 17 heavy (non-hydrogen) atoms. The summed E-state index contributed by atoms with van der Waals surface area (Å²) in [4.78, 5) is 15.6. The summed E-state index contributed by atoms with van der Waals surface area (Å²) in [5.41, 5.74) is 9.12. The molecule has 0 bridgehead atoms. The molecule has 5 nitrogen and oxygen atoms in total. The quantitative estimate of drug-likeness (QED) is 0.648. The van der Waals surface area contributed by atoms with Gasteiger partial charge in [-0.25, -0.2) is 15.0 Å². The van der Waals surface area contributed by atoms with Gasteiger partial charge in [-0.3, -0.25) is 0 Å². The van der Waals surface area contributed by atoms with Gasteiger partial charge in [0, 0.05) is 12.1 Å². The van der Waals surface area contributed by atoms with E-state index < -0.39 is 0 Å². The van der Waals surface area contributed by atoms with Crippen LogP contribution in [0.15, 0.2) is 36.8 Å². The lowest BCUT2D eigenvalue weighted by Gasteiger charge is -1.98. The number of H-pyrrole nitrogens is 1. The van der Waals surface area contributed by atoms with Crippen LogP contribution in [0.4, 0.5) is 5.69 Å². The molecule has 3 N–H and O–H groups in total. The van der Waals surface area contributed by atoms with Crippen LogP contribution in [-0.4, -0.2) is 19.9 Å². The summed E-state index contributed by atoms with van der Waals surface area (Å²) in [7, 11) is 0. The van der Waals surface area contributed by atoms with Crippen molar-refractivity contribution in [2.24, 2.45) is 0 Å². The van der Waals surface area contributed by atoms with Crippen molar-refractivity contribution in [3.63, 3.8) is 0 Å². The number of benzene rings is 1. The van der Waals surface area contributed by atoms with E-state index >= 15 is 0 Å². The molecule has 3 aromatic rings. The molecule has 0 aliphatic carbocycles. The molecule has 0 aliphatic rings. The Morgan fingerprint density at radius 1 is 1.18 bits per heavy atom. The summed E-state index contributed by atoms with van der Waals surface area (Å²) in [6, 6.07) is 7.76. The summed E-state index contributed by atoms with van der Waals surface area (Å²) < 4.78 is 0. The molecule has 0 saturated heterocycles. The number of nitrogens with zero attached hydrogens (tertiary/aromatic N) is 3. The third-order valence-electron chi connectivity index (χ3n) is 2.56. The molecule has 5 heteroatoms. The Kier molecular flexibility index (Phi) is 2.22. The number of hydrogen-bond acceptors (Lipinski definition) is 4. The third kappa shape index (κ3) is 1.94. The first-order valence-electron chi connectivity index (χ1n) is 5.30. The van der Waals surface area contributed by atoms with E-state index in [2.05, 4.69) is 19.9 Å². The molecule has 0 aliphatic heterocycles. The molecular formula is C12H11N5. The van der Waals surface area contributed by atoms with E-state index in [1.165, 1.54) is 6.33 Å². The number of aromatic amines is 1. The van der Waals surface area contributed by atoms with Crippen LogP contribution >= 0.6 is 0 Å². The Morgan fingerprint density at radius 2 is 2.00 bits per heavy atom. The van der Waals surface area contributed by atoms with Crippen LogP contribution < -0.4 is 5.73 Å². The summed E-state index contributed by atoms with van der Waals surface area (Å²) in [6.45, 7) is 0. The third-order valence-corrected chi connectivity index (χ3v) is 2.56. The van der Waals surface area contributed by atoms with E-state index in [1.54, 1.807) is 6.20 Å². The average Bonchev–Trinajstić information content (AvgIpc) is 2.74. The summed E-state index contributed by atoms with van der Waals surface area (Å²) in [5.74, 6) is 0.880. The number of nitrogens with one attached hydrogen (secondary N) is 1. The minimum atomic E-state index is 0.699. The minimum absolute atomic E-state index is 0.699. The highest BCUT2D eigenvalue weighted by atomic mass is 15.0. The number of aromatic nitrogens is 4. The van der Waals surface area contributed by atoms with Gasteiger partial charge in [0.25, 0.3) is 0 Å². The smallest absolute Gasteiger partial charge is 0.180 e. The Morgan fingerprint density at radius 3 is 2.76 bits per heavy atom. The Hall–Kier alpha value is -2.43. The molecule has 0 radical (unpaired) electrons. The number of rotatable bonds is 2. The van der Waals surface area contributed by atoms with E-state index in [0.717, 1.165) is 29.0 Å². The molecule has 0 atom stereocenters. The minimum Gasteiger partial charge on any atom is -0.399 e. The Balaban J connectivity index is 1.92. The molecular weight excluding hydrogens is 214 g/mol. The Bertz CT molecular complexity index is 608. The van der Waals surface area contributed by atoms with Gasteiger partial charge in [-0.2, -0.15) is 0 Å². The largest absolute Gasteiger partial charge is 0.399 e. The van der Waals surface area contributed by atoms with Gasteiger partial charge < -0.3 is 10.7 Å². The van der Waals surface area contributed by atoms with Crippen molar-refractivity contribution in [1.29, 1.82) is 0 Å². The van der Waals surface area contributed by atoms with Crippen LogP contribution in [0.3, 0.4) is 0 Å². The molecule has 0 unspecified atom stereocenters. The maximum absolute atomic E-state index is 5.64. The molecule has 0 fully saturated rings. The molecule has 0 saturated carbocycles. The summed E-state index contributed by atoms with van der Waals surface area (Å²) >= 11 is 0. The molecule has 2 heterocycles. The van der Waals surface area contributed by atoms with Crippen molar-refractivity contribution in [3.8, 4) is 0 Å². The fourth-order valence-corrected chi connectivity index (χ4v) is 1.72. The highest BCUT2D eigenvalue weighted by molar-refractivity contribution is 5.68. The molecule has 0 amide bonds. The van der Waals surface area contributed by atoms with Crippen molar-refractivity contribution in [1.82, 2.24) is 19.9 Å². The Labute approximate surface area is 97.7 Å². The van der Waals surface area contributed by atoms with Gasteiger partial charge in [0.15, 0.2) is 5.65 Å². The van der Waals surface area contributed by atoms with Gasteiger partial charge in [-0.15, -0.1) is 0 Å². The monoisotopic (exact) mass is 225 g/mol. The van der Waals surface area contributed by atoms with Crippen LogP contribution in [0.5, 0.6) is 0 Å². The van der Waals surface area contributed by atoms with Gasteiger partial charge in [0.2, 0.25) is 0 Å². The van der Waals surface area contributed by atoms with Crippen LogP contribution in [-0.2, 0) is 6.42 Å². The predicted octanol–water partition coefficient (Wildman–Crippen LogP) is 1.53. The van der Waals surface area contributed by atoms with Crippen molar-refractivity contribution in [3.05, 3.63) is 48.2 Å². The lowest BCUT2D eigenvalue weighted by molar-refractivity contribution is 1.03. The lowest BCUT2D eigenvalue weighted by atomic mass is 10.1. The lowest BCUT2D eigenvalue weighted by Crippen LogP contribution is -1.91. The van der Waals surface area contributed by atoms with Crippen LogP contribution in [0.25, 0.3) is 11.2 Å². The van der Waals surface area contributed by atoms with Gasteiger partial charge in [-0.1, -0.05) is 12.1 Å². The number of nitrogen functional groups attached to an aromatic ring is 1. The summed E-state index contributed by atoms with van der Waals surface area (Å²) in [5, 5.41) is 0. The SMILES string of the molecule is Nc1ccc(Cc2nc3ncncc3[nH]2)cc1. The molecule has 2 aromatic heterocycles. The van der Waals surface area contributed by atoms with Gasteiger partial charge >= 0.3 is 0 Å². The second-order valence-corrected chi connectivity index (χ2v) is 3.86. The second kappa shape index (κ2) is 3.86. The topological polar surface area (TPSA) is 80.5 Å². The van der Waals surface area contributed by atoms with Crippen LogP contribution in [0, 0.1) is 0 Å². The standard InChI is InChI=1S/C12H11N5/c13-9-3-1-8(2-4-9)5-11-16-10-6-14-7-15-12(10)17-11/h1-4,6-7H,5,13H2,(H,14,15,16,17). The number of fused-ring (bicyclic) bond motifs is 1. The van der Waals surface area contributed by atoms with Gasteiger partial charge in [-0.05, 0) is 17.7 Å². The predicted molar refractivity (Wildman–Crippen MR) is 65.3 cm³/mol. The van der Waals surface area contributed by atoms with Crippen molar-refractivity contribution >= 4 is 16.9 Å². The normalized spacial score (nSPS) is 10.8. The zero-order valence-corrected chi connectivity index (χ0v) is 9.09. The molecule has 1 aromatic carbocycles. The maximum atomic E-state index is 5.64. The first-order chi connectivity index (χ1) is 8.31. The van der Waals surface area contributed by atoms with E-state index in [-0.39, 0.29) is 0 Å². The van der Waals surface area contributed by atoms with Gasteiger partial charge in [0.05, 0.1) is 6.20 Å². The fraction of sp³-hybridized carbons (Fsp3) is 0.0833. The fourth-order valence-electron chi connectivity index (χ4n) is 1.72. The van der Waals surface area contributed by atoms with E-state index in [1.807, 2.05) is 24.3 Å². The number of anilines is 1. The van der Waals surface area contributed by atoms with Crippen molar-refractivity contribution in [2.45, 2.75) is 6.42 Å². The first kappa shape index (κ1) is 9.77. The van der Waals surface area contributed by atoms with Crippen molar-refractivity contribution < 1.29 is 0 Å². The highest BCUT2D eigenvalue weighted by Gasteiger charge is 2.04. The number of imidazole rings is 1. The van der Waals surface area contributed by atoms with E-state index in [4.69, 9.17) is 5.73 Å². The van der Waals surface area contributed by atoms with E-state index in [0.29, 0.717) is 5.65 Å². The second-order valence-electron chi connectivity index (χ2n) is 3.86. The van der Waals surface area contributed by atoms with Crippen molar-refractivity contribution in [2.75, 3.05) is 5.73 Å². The molecule has 84 valence electrons. The number of nitrogens with two attached hydrogens (primary N) is 1. The van der Waals surface area contributed by atoms with Gasteiger partial charge in [0.1, 0.15) is 17.7 Å². The van der Waals surface area contributed by atoms with E-state index in [9.17, 15) is 0 Å². The zero-order chi connectivity index (χ0) is 11.7. The average molecular weight is 225 g/mol. The summed E-state index contributed by atoms with van der Waals surface area (Å²) in [6.07, 6.45) is 3.95. The van der Waals surface area contributed by atoms with Crippen LogP contribution in [0.2, 0.25) is 0 Å². The molecule has 3 rings (SSSR count). The molecule has 0 spiro atoms. The maximum Gasteiger partial charge on any atom is 0.180 e. The highest BCUT2D eigenvalue weighted by Crippen LogP contribution is 2.12. The zero-order valence-electron chi connectivity index (χ0n) is 9.09. The van der Waals surface area contributed by atoms with Crippen LogP contribution in [0.1, 0.15) is 11.4 Å².